The highest BCUT2D eigenvalue weighted by Gasteiger charge is 2.62. The van der Waals surface area contributed by atoms with E-state index in [1.165, 1.54) is 29.9 Å². The number of aromatic nitrogens is 3. The molecule has 304 valence electrons. The highest BCUT2D eigenvalue weighted by atomic mass is 31.2. The van der Waals surface area contributed by atoms with Gasteiger partial charge in [0.1, 0.15) is 48.5 Å². The van der Waals surface area contributed by atoms with Gasteiger partial charge in [0.05, 0.1) is 17.5 Å². The Bertz CT molecular complexity index is 1950. The summed E-state index contributed by atoms with van der Waals surface area (Å²) in [7, 11) is -4.59. The van der Waals surface area contributed by atoms with Crippen molar-refractivity contribution in [3.8, 4) is 11.8 Å². The number of esters is 3. The van der Waals surface area contributed by atoms with E-state index in [4.69, 9.17) is 33.7 Å². The van der Waals surface area contributed by atoms with E-state index in [-0.39, 0.29) is 28.8 Å². The van der Waals surface area contributed by atoms with Gasteiger partial charge in [0, 0.05) is 0 Å². The molecule has 0 amide bonds. The summed E-state index contributed by atoms with van der Waals surface area (Å²) in [6.45, 7) is 13.7. The number of hydrogen-bond acceptors (Lipinski definition) is 14. The lowest BCUT2D eigenvalue weighted by Crippen LogP contribution is -2.50. The number of nitrogens with two attached hydrogens (primary N) is 1. The Hall–Kier alpha value is -4.55. The molecule has 6 atom stereocenters. The maximum absolute atomic E-state index is 14.7. The molecule has 0 bridgehead atoms. The van der Waals surface area contributed by atoms with Gasteiger partial charge in [0.25, 0.3) is 0 Å². The van der Waals surface area contributed by atoms with E-state index in [0.717, 1.165) is 12.8 Å². The number of carbonyl (C=O) groups excluding carboxylic acids is 3. The highest BCUT2D eigenvalue weighted by molar-refractivity contribution is 7.52. The molecule has 1 saturated carbocycles. The van der Waals surface area contributed by atoms with Gasteiger partial charge in [-0.1, -0.05) is 66.7 Å². The molecule has 1 aliphatic heterocycles. The zero-order chi connectivity index (χ0) is 41.0. The summed E-state index contributed by atoms with van der Waals surface area (Å²) in [5.41, 5.74) is 4.67. The number of benzene rings is 1. The molecule has 17 heteroatoms. The third-order valence-corrected chi connectivity index (χ3v) is 11.8. The minimum atomic E-state index is -4.59. The van der Waals surface area contributed by atoms with Gasteiger partial charge in [-0.05, 0) is 68.2 Å². The molecular formula is C39H53N6O10P. The predicted octanol–water partition coefficient (Wildman–Crippen LogP) is 6.11. The highest BCUT2D eigenvalue weighted by Crippen LogP contribution is 2.50. The molecule has 0 radical (unpaired) electrons. The first-order valence-electron chi connectivity index (χ1n) is 18.9. The van der Waals surface area contributed by atoms with Gasteiger partial charge >= 0.3 is 25.7 Å². The molecule has 1 aliphatic carbocycles. The number of ether oxygens (including phenoxy) is 4. The minimum absolute atomic E-state index is 0.129. The van der Waals surface area contributed by atoms with Crippen molar-refractivity contribution in [3.63, 3.8) is 0 Å². The zero-order valence-corrected chi connectivity index (χ0v) is 34.1. The van der Waals surface area contributed by atoms with Gasteiger partial charge in [-0.25, -0.2) is 14.1 Å². The number of nitrogen functional groups attached to an aromatic ring is 1. The molecule has 0 unspecified atom stereocenters. The van der Waals surface area contributed by atoms with Crippen molar-refractivity contribution in [1.82, 2.24) is 19.7 Å². The Balaban J connectivity index is 1.47. The summed E-state index contributed by atoms with van der Waals surface area (Å²) < 4.78 is 52.2. The molecule has 2 aliphatic rings. The summed E-state index contributed by atoms with van der Waals surface area (Å²) in [6.07, 6.45) is -0.182. The monoisotopic (exact) mass is 796 g/mol. The van der Waals surface area contributed by atoms with Gasteiger partial charge in [-0.3, -0.25) is 18.9 Å². The minimum Gasteiger partial charge on any atom is -0.461 e. The van der Waals surface area contributed by atoms with Crippen molar-refractivity contribution in [2.24, 2.45) is 23.2 Å². The third kappa shape index (κ3) is 9.69. The van der Waals surface area contributed by atoms with E-state index in [9.17, 15) is 24.2 Å². The number of anilines is 1. The predicted molar refractivity (Wildman–Crippen MR) is 204 cm³/mol. The Kier molecular flexibility index (Phi) is 13.2. The van der Waals surface area contributed by atoms with Crippen LogP contribution in [0.1, 0.15) is 92.9 Å². The lowest BCUT2D eigenvalue weighted by molar-refractivity contribution is -0.173. The molecule has 56 heavy (non-hydrogen) atoms. The van der Waals surface area contributed by atoms with Crippen molar-refractivity contribution < 1.29 is 46.9 Å². The van der Waals surface area contributed by atoms with Crippen LogP contribution < -0.4 is 15.3 Å². The molecule has 5 rings (SSSR count). The van der Waals surface area contributed by atoms with E-state index in [2.05, 4.69) is 42.0 Å². The van der Waals surface area contributed by atoms with E-state index >= 15 is 0 Å². The summed E-state index contributed by atoms with van der Waals surface area (Å²) in [5, 5.41) is 17.9. The third-order valence-electron chi connectivity index (χ3n) is 10.1. The fourth-order valence-electron chi connectivity index (χ4n) is 6.75. The summed E-state index contributed by atoms with van der Waals surface area (Å²) >= 11 is 0. The van der Waals surface area contributed by atoms with Crippen LogP contribution in [0, 0.1) is 34.5 Å². The summed E-state index contributed by atoms with van der Waals surface area (Å²) in [6, 6.07) is 12.2. The average molecular weight is 797 g/mol. The Morgan fingerprint density at radius 3 is 2.23 bits per heavy atom. The first-order valence-corrected chi connectivity index (χ1v) is 20.5. The normalized spacial score (nSPS) is 25.6. The maximum atomic E-state index is 14.7. The van der Waals surface area contributed by atoms with Gasteiger partial charge < -0.3 is 29.2 Å². The van der Waals surface area contributed by atoms with Crippen LogP contribution >= 0.6 is 7.75 Å². The molecule has 0 spiro atoms. The summed E-state index contributed by atoms with van der Waals surface area (Å²) in [4.78, 5) is 43.9. The molecule has 3 aromatic rings. The smallest absolute Gasteiger partial charge is 0.459 e. The van der Waals surface area contributed by atoms with Gasteiger partial charge in [-0.15, -0.1) is 0 Å². The van der Waals surface area contributed by atoms with Crippen LogP contribution in [-0.2, 0) is 42.4 Å². The lowest BCUT2D eigenvalue weighted by atomic mass is 9.72. The van der Waals surface area contributed by atoms with Crippen LogP contribution in [-0.4, -0.2) is 69.1 Å². The first kappa shape index (κ1) is 42.6. The zero-order valence-electron chi connectivity index (χ0n) is 33.2. The Morgan fingerprint density at radius 1 is 0.982 bits per heavy atom. The van der Waals surface area contributed by atoms with Crippen molar-refractivity contribution in [2.75, 3.05) is 12.3 Å². The number of nitriles is 1. The number of rotatable bonds is 14. The topological polar surface area (TPSA) is 216 Å². The van der Waals surface area contributed by atoms with Gasteiger partial charge in [0.15, 0.2) is 18.0 Å². The number of carbonyl (C=O) groups is 3. The van der Waals surface area contributed by atoms with Crippen LogP contribution in [0.3, 0.4) is 0 Å². The molecule has 16 nitrogen and oxygen atoms in total. The first-order chi connectivity index (χ1) is 26.4. The molecule has 3 heterocycles. The summed E-state index contributed by atoms with van der Waals surface area (Å²) in [5.74, 6) is -2.57. The van der Waals surface area contributed by atoms with Gasteiger partial charge in [0.2, 0.25) is 5.60 Å². The molecule has 1 saturated heterocycles. The molecule has 1 aromatic carbocycles. The fraction of sp³-hybridized carbons (Fsp3) is 0.590. The van der Waals surface area contributed by atoms with Crippen molar-refractivity contribution >= 4 is 37.0 Å². The molecular weight excluding hydrogens is 743 g/mol. The Labute approximate surface area is 327 Å². The largest absolute Gasteiger partial charge is 0.461 e. The molecule has 3 N–H and O–H groups in total. The van der Waals surface area contributed by atoms with E-state index in [1.54, 1.807) is 58.0 Å². The van der Waals surface area contributed by atoms with Crippen LogP contribution in [0.5, 0.6) is 5.75 Å². The van der Waals surface area contributed by atoms with Gasteiger partial charge in [-0.2, -0.15) is 15.4 Å². The van der Waals surface area contributed by atoms with E-state index in [0.29, 0.717) is 24.3 Å². The number of hydrogen-bond donors (Lipinski definition) is 2. The standard InChI is InChI=1S/C39H53N6O10P/c1-23(2)35(46)52-32-31(29-18-19-30-34(41)42-22-43-45(29)30)54-39(20-40,33(32)53-36(47)24(3)4)21-50-56(49,55-28-12-10-9-11-13-28)44-25(5)37(48)51-27-16-14-26(15-17-27)38(6,7)8/h9-13,18-19,22-27,31-33H,14-17,21H2,1-8H3,(H,44,49)(H2,41,42,43)/t25-,26-,27-,31-,32-,33-,39+,56-/m0/s1. The van der Waals surface area contributed by atoms with Crippen LogP contribution in [0.25, 0.3) is 5.52 Å². The quantitative estimate of drug-likeness (QED) is 0.107. The van der Waals surface area contributed by atoms with Crippen molar-refractivity contribution in [1.29, 1.82) is 5.26 Å². The lowest BCUT2D eigenvalue weighted by Gasteiger charge is -2.37. The second-order valence-corrected chi connectivity index (χ2v) is 17.8. The SMILES string of the molecule is CC(C)C(=O)O[C@H]1[C@H](c2ccc3c(N)ncnn23)O[C@](C#N)(CO[P@@](=O)(N[C@@H](C)C(=O)O[C@H]2CC[C@H](C(C)(C)C)CC2)Oc2ccccc2)[C@H]1OC(=O)C(C)C. The number of nitrogens with zero attached hydrogens (tertiary/aromatic N) is 4. The average Bonchev–Trinajstić information content (AvgIpc) is 3.71. The Morgan fingerprint density at radius 2 is 1.62 bits per heavy atom. The van der Waals surface area contributed by atoms with E-state index in [1.807, 2.05) is 0 Å². The number of fused-ring (bicyclic) bond motifs is 1. The molecule has 2 aromatic heterocycles. The fourth-order valence-corrected chi connectivity index (χ4v) is 8.27. The maximum Gasteiger partial charge on any atom is 0.459 e. The number of para-hydroxylation sites is 1. The second-order valence-electron chi connectivity index (χ2n) is 16.1. The van der Waals surface area contributed by atoms with Crippen LogP contribution in [0.2, 0.25) is 0 Å². The van der Waals surface area contributed by atoms with Crippen molar-refractivity contribution in [2.45, 2.75) is 117 Å². The van der Waals surface area contributed by atoms with Crippen LogP contribution in [0.4, 0.5) is 5.82 Å². The van der Waals surface area contributed by atoms with Crippen LogP contribution in [0.15, 0.2) is 48.8 Å². The van der Waals surface area contributed by atoms with Crippen molar-refractivity contribution in [3.05, 3.63) is 54.5 Å². The molecule has 2 fully saturated rings. The van der Waals surface area contributed by atoms with E-state index < -0.39 is 74.1 Å². The second kappa shape index (κ2) is 17.3. The number of nitrogens with one attached hydrogen (secondary N) is 1.